The van der Waals surface area contributed by atoms with E-state index in [1.807, 2.05) is 18.2 Å². The van der Waals surface area contributed by atoms with Crippen LogP contribution in [0.5, 0.6) is 0 Å². The van der Waals surface area contributed by atoms with E-state index in [9.17, 15) is 29.4 Å². The number of aliphatic hydroxyl groups is 2. The van der Waals surface area contributed by atoms with E-state index < -0.39 is 72.0 Å². The molecule has 1 aromatic carbocycles. The van der Waals surface area contributed by atoms with E-state index in [-0.39, 0.29) is 11.6 Å². The first-order valence-electron chi connectivity index (χ1n) is 12.9. The van der Waals surface area contributed by atoms with Crippen LogP contribution in [0.2, 0.25) is 0 Å². The minimum absolute atomic E-state index is 0.239. The van der Waals surface area contributed by atoms with Gasteiger partial charge in [0.1, 0.15) is 24.1 Å². The minimum atomic E-state index is -1.63. The monoisotopic (exact) mass is 583 g/mol. The van der Waals surface area contributed by atoms with E-state index in [0.29, 0.717) is 5.52 Å². The fourth-order valence-corrected chi connectivity index (χ4v) is 4.84. The number of pyridine rings is 1. The Kier molecular flexibility index (Phi) is 8.20. The number of rotatable bonds is 8. The van der Waals surface area contributed by atoms with E-state index in [2.05, 4.69) is 15.3 Å². The normalized spacial score (nSPS) is 28.1. The second kappa shape index (κ2) is 11.8. The lowest BCUT2D eigenvalue weighted by Gasteiger charge is -2.35. The molecule has 0 spiro atoms. The highest BCUT2D eigenvalue weighted by molar-refractivity contribution is 6.02. The van der Waals surface area contributed by atoms with Gasteiger partial charge in [0.05, 0.1) is 11.6 Å². The van der Waals surface area contributed by atoms with Crippen molar-refractivity contribution in [2.45, 2.75) is 50.0 Å². The fraction of sp³-hybridized carbons (Fsp3) is 0.370. The number of carbonyl (C=O) groups excluding carboxylic acids is 2. The zero-order valence-electron chi connectivity index (χ0n) is 22.4. The Morgan fingerprint density at radius 1 is 1.17 bits per heavy atom. The van der Waals surface area contributed by atoms with E-state index in [4.69, 9.17) is 24.7 Å². The van der Waals surface area contributed by atoms with Crippen LogP contribution in [0, 0.1) is 5.92 Å². The molecule has 3 aromatic rings. The molecule has 222 valence electrons. The maximum atomic E-state index is 13.0. The van der Waals surface area contributed by atoms with Crippen molar-refractivity contribution in [2.75, 3.05) is 12.4 Å². The molecule has 5 rings (SSSR count). The molecule has 2 amide bonds. The highest BCUT2D eigenvalue weighted by Crippen LogP contribution is 2.35. The molecule has 4 heterocycles. The number of H-pyrrole nitrogens is 1. The van der Waals surface area contributed by atoms with Gasteiger partial charge in [-0.25, -0.2) is 9.78 Å². The summed E-state index contributed by atoms with van der Waals surface area (Å²) in [5.41, 5.74) is 4.76. The summed E-state index contributed by atoms with van der Waals surface area (Å²) in [7, 11) is 1.25. The van der Waals surface area contributed by atoms with Crippen molar-refractivity contribution in [2.24, 2.45) is 11.7 Å². The van der Waals surface area contributed by atoms with Gasteiger partial charge in [-0.05, 0) is 24.3 Å². The van der Waals surface area contributed by atoms with Crippen LogP contribution < -0.4 is 22.3 Å². The molecule has 0 unspecified atom stereocenters. The maximum absolute atomic E-state index is 13.0. The van der Waals surface area contributed by atoms with Crippen molar-refractivity contribution in [3.8, 4) is 0 Å². The SMILES string of the molecule is CO[C@H]1[C@@H](O)[C@H](n2ccc(=O)[nH]c2=O)O[C@@H]1[C@@H](O[C@H]1OC(C(=O)Nc2ccc3ccccc3n2)=C[C@H](O)[C@@H]1C)C(N)=O. The van der Waals surface area contributed by atoms with Crippen molar-refractivity contribution < 1.29 is 38.7 Å². The maximum Gasteiger partial charge on any atom is 0.330 e. The number of nitrogens with one attached hydrogen (secondary N) is 2. The zero-order valence-corrected chi connectivity index (χ0v) is 22.4. The number of aromatic nitrogens is 3. The molecule has 1 saturated heterocycles. The molecular formula is C27H29N5O10. The van der Waals surface area contributed by atoms with Gasteiger partial charge in [0.25, 0.3) is 11.5 Å². The Labute approximate surface area is 237 Å². The van der Waals surface area contributed by atoms with Crippen molar-refractivity contribution in [3.63, 3.8) is 0 Å². The van der Waals surface area contributed by atoms with Gasteiger partial charge in [0.15, 0.2) is 18.1 Å². The van der Waals surface area contributed by atoms with Gasteiger partial charge in [0.2, 0.25) is 12.2 Å². The molecule has 0 aliphatic carbocycles. The van der Waals surface area contributed by atoms with Crippen molar-refractivity contribution >= 4 is 28.5 Å². The number of nitrogens with two attached hydrogens (primary N) is 1. The third-order valence-electron chi connectivity index (χ3n) is 7.10. The summed E-state index contributed by atoms with van der Waals surface area (Å²) in [4.78, 5) is 55.9. The quantitative estimate of drug-likeness (QED) is 0.219. The molecule has 0 saturated carbocycles. The molecule has 0 bridgehead atoms. The predicted octanol–water partition coefficient (Wildman–Crippen LogP) is -0.895. The second-order valence-electron chi connectivity index (χ2n) is 9.87. The Hall–Kier alpha value is -4.41. The number of hydrogen-bond acceptors (Lipinski definition) is 11. The van der Waals surface area contributed by atoms with Crippen molar-refractivity contribution in [1.82, 2.24) is 14.5 Å². The molecule has 8 atom stereocenters. The predicted molar refractivity (Wildman–Crippen MR) is 145 cm³/mol. The molecular weight excluding hydrogens is 554 g/mol. The number of hydrogen-bond donors (Lipinski definition) is 5. The lowest BCUT2D eigenvalue weighted by Crippen LogP contribution is -2.52. The summed E-state index contributed by atoms with van der Waals surface area (Å²) in [6.45, 7) is 1.56. The summed E-state index contributed by atoms with van der Waals surface area (Å²) < 4.78 is 23.7. The van der Waals surface area contributed by atoms with E-state index in [0.717, 1.165) is 22.2 Å². The van der Waals surface area contributed by atoms with E-state index in [1.54, 1.807) is 25.1 Å². The van der Waals surface area contributed by atoms with Crippen LogP contribution in [-0.4, -0.2) is 80.5 Å². The largest absolute Gasteiger partial charge is 0.459 e. The van der Waals surface area contributed by atoms with Gasteiger partial charge in [-0.15, -0.1) is 0 Å². The number of amides is 2. The Morgan fingerprint density at radius 3 is 2.64 bits per heavy atom. The summed E-state index contributed by atoms with van der Waals surface area (Å²) in [5.74, 6) is -2.60. The molecule has 42 heavy (non-hydrogen) atoms. The summed E-state index contributed by atoms with van der Waals surface area (Å²) >= 11 is 0. The average Bonchev–Trinajstić information content (AvgIpc) is 3.28. The van der Waals surface area contributed by atoms with Gasteiger partial charge >= 0.3 is 5.69 Å². The number of aromatic amines is 1. The standard InChI is InChI=1S/C27H29N5O10/c1-12-15(33)11-16(24(37)30-17-8-7-13-5-3-4-6-14(13)29-17)40-26(12)42-22(23(28)36)21-20(39-2)19(35)25(41-21)32-10-9-18(34)31-27(32)38/h3-12,15,19-22,25-26,33,35H,1-2H3,(H2,28,36)(H,29,30,37)(H,31,34,38)/t12-,15-,19+,20-,21-,22+,25+,26+/m0/s1. The molecule has 2 aliphatic heterocycles. The Balaban J connectivity index is 1.34. The molecule has 1 fully saturated rings. The lowest BCUT2D eigenvalue weighted by atomic mass is 9.99. The lowest BCUT2D eigenvalue weighted by molar-refractivity contribution is -0.224. The molecule has 6 N–H and O–H groups in total. The van der Waals surface area contributed by atoms with Crippen LogP contribution in [-0.2, 0) is 28.5 Å². The molecule has 15 nitrogen and oxygen atoms in total. The van der Waals surface area contributed by atoms with E-state index >= 15 is 0 Å². The van der Waals surface area contributed by atoms with Crippen LogP contribution in [0.25, 0.3) is 10.9 Å². The van der Waals surface area contributed by atoms with Gasteiger partial charge < -0.3 is 40.2 Å². The van der Waals surface area contributed by atoms with E-state index in [1.165, 1.54) is 13.2 Å². The number of methoxy groups -OCH3 is 1. The smallest absolute Gasteiger partial charge is 0.330 e. The summed E-state index contributed by atoms with van der Waals surface area (Å²) in [5, 5.41) is 25.0. The zero-order chi connectivity index (χ0) is 30.1. The second-order valence-corrected chi connectivity index (χ2v) is 9.87. The first kappa shape index (κ1) is 29.1. The van der Waals surface area contributed by atoms with Gasteiger partial charge in [-0.2, -0.15) is 0 Å². The first-order chi connectivity index (χ1) is 20.1. The highest BCUT2D eigenvalue weighted by atomic mass is 16.7. The fourth-order valence-electron chi connectivity index (χ4n) is 4.84. The average molecular weight is 584 g/mol. The molecule has 2 aliphatic rings. The number of para-hydroxylation sites is 1. The molecule has 2 aromatic heterocycles. The van der Waals surface area contributed by atoms with Crippen LogP contribution in [0.15, 0.2) is 70.1 Å². The topological polar surface area (TPSA) is 217 Å². The number of nitrogens with zero attached hydrogens (tertiary/aromatic N) is 2. The summed E-state index contributed by atoms with van der Waals surface area (Å²) in [6, 6.07) is 11.8. The first-order valence-corrected chi connectivity index (χ1v) is 12.9. The third-order valence-corrected chi connectivity index (χ3v) is 7.10. The Bertz CT molecular complexity index is 1640. The number of fused-ring (bicyclic) bond motifs is 1. The number of ether oxygens (including phenoxy) is 4. The number of primary amides is 1. The molecule has 15 heteroatoms. The van der Waals surface area contributed by atoms with Crippen LogP contribution in [0.4, 0.5) is 5.82 Å². The van der Waals surface area contributed by atoms with Gasteiger partial charge in [-0.1, -0.05) is 25.1 Å². The number of anilines is 1. The number of carbonyl (C=O) groups is 2. The summed E-state index contributed by atoms with van der Waals surface area (Å²) in [6.07, 6.45) is -7.33. The van der Waals surface area contributed by atoms with Crippen molar-refractivity contribution in [1.29, 1.82) is 0 Å². The Morgan fingerprint density at radius 2 is 1.93 bits per heavy atom. The molecule has 0 radical (unpaired) electrons. The van der Waals surface area contributed by atoms with Crippen LogP contribution >= 0.6 is 0 Å². The van der Waals surface area contributed by atoms with Crippen LogP contribution in [0.1, 0.15) is 13.2 Å². The van der Waals surface area contributed by atoms with Crippen LogP contribution in [0.3, 0.4) is 0 Å². The van der Waals surface area contributed by atoms with Gasteiger partial charge in [-0.3, -0.25) is 23.9 Å². The van der Waals surface area contributed by atoms with Crippen molar-refractivity contribution in [3.05, 3.63) is 81.3 Å². The third kappa shape index (κ3) is 5.68. The number of aliphatic hydroxyl groups excluding tert-OH is 2. The minimum Gasteiger partial charge on any atom is -0.459 e. The number of benzene rings is 1. The van der Waals surface area contributed by atoms with Gasteiger partial charge in [0, 0.05) is 30.7 Å². The highest BCUT2D eigenvalue weighted by Gasteiger charge is 2.52.